The Morgan fingerprint density at radius 3 is 2.52 bits per heavy atom. The predicted octanol–water partition coefficient (Wildman–Crippen LogP) is 3.99. The monoisotopic (exact) mass is 314 g/mol. The Morgan fingerprint density at radius 1 is 1.00 bits per heavy atom. The van der Waals surface area contributed by atoms with Crippen LogP contribution in [0.15, 0.2) is 59.8 Å². The van der Waals surface area contributed by atoms with Gasteiger partial charge in [0.05, 0.1) is 0 Å². The van der Waals surface area contributed by atoms with Crippen LogP contribution in [-0.4, -0.2) is 15.2 Å². The number of anilines is 1. The van der Waals surface area contributed by atoms with E-state index in [1.165, 1.54) is 5.56 Å². The molecular formula is C15H14N4S2. The summed E-state index contributed by atoms with van der Waals surface area (Å²) in [6.07, 6.45) is 0. The number of nitrogen functional groups attached to an aromatic ring is 1. The number of benzene rings is 2. The number of rotatable bonds is 5. The van der Waals surface area contributed by atoms with Gasteiger partial charge in [-0.05, 0) is 40.6 Å². The zero-order valence-corrected chi connectivity index (χ0v) is 12.8. The van der Waals surface area contributed by atoms with Crippen LogP contribution in [0.4, 0.5) is 5.69 Å². The lowest BCUT2D eigenvalue weighted by Gasteiger charge is -1.98. The molecule has 21 heavy (non-hydrogen) atoms. The van der Waals surface area contributed by atoms with E-state index in [0.717, 1.165) is 28.0 Å². The third-order valence-electron chi connectivity index (χ3n) is 2.85. The minimum absolute atomic E-state index is 0.739. The molecule has 0 spiro atoms. The molecule has 3 N–H and O–H groups in total. The average Bonchev–Trinajstić information content (AvgIpc) is 2.98. The van der Waals surface area contributed by atoms with Crippen molar-refractivity contribution in [2.75, 3.05) is 5.73 Å². The number of hydrogen-bond donors (Lipinski definition) is 2. The van der Waals surface area contributed by atoms with Crippen LogP contribution in [0.1, 0.15) is 5.56 Å². The minimum atomic E-state index is 0.739. The Kier molecular flexibility index (Phi) is 4.47. The summed E-state index contributed by atoms with van der Waals surface area (Å²) in [4.78, 5) is 4.48. The minimum Gasteiger partial charge on any atom is -0.399 e. The fourth-order valence-corrected chi connectivity index (χ4v) is 3.61. The second-order valence-electron chi connectivity index (χ2n) is 4.42. The summed E-state index contributed by atoms with van der Waals surface area (Å²) >= 11 is 0. The summed E-state index contributed by atoms with van der Waals surface area (Å²) < 4.78 is 0. The quantitative estimate of drug-likeness (QED) is 0.550. The highest BCUT2D eigenvalue weighted by Crippen LogP contribution is 2.32. The van der Waals surface area contributed by atoms with Crippen LogP contribution < -0.4 is 5.73 Å². The number of aromatic amines is 1. The van der Waals surface area contributed by atoms with E-state index < -0.39 is 0 Å². The second-order valence-corrected chi connectivity index (χ2v) is 6.68. The van der Waals surface area contributed by atoms with Crippen LogP contribution in [0.25, 0.3) is 11.4 Å². The first-order valence-electron chi connectivity index (χ1n) is 6.43. The number of nitrogens with one attached hydrogen (secondary N) is 1. The van der Waals surface area contributed by atoms with Crippen molar-refractivity contribution in [2.45, 2.75) is 10.9 Å². The van der Waals surface area contributed by atoms with E-state index in [0.29, 0.717) is 0 Å². The Balaban J connectivity index is 1.59. The molecule has 0 saturated carbocycles. The van der Waals surface area contributed by atoms with Crippen molar-refractivity contribution in [2.24, 2.45) is 0 Å². The van der Waals surface area contributed by atoms with Gasteiger partial charge in [-0.1, -0.05) is 41.1 Å². The maximum Gasteiger partial charge on any atom is 0.219 e. The van der Waals surface area contributed by atoms with E-state index in [4.69, 9.17) is 5.73 Å². The molecule has 0 radical (unpaired) electrons. The van der Waals surface area contributed by atoms with E-state index in [9.17, 15) is 0 Å². The number of nitrogens with two attached hydrogens (primary N) is 1. The summed E-state index contributed by atoms with van der Waals surface area (Å²) in [5.74, 6) is 1.69. The first kappa shape index (κ1) is 14.0. The molecule has 106 valence electrons. The highest BCUT2D eigenvalue weighted by molar-refractivity contribution is 8.76. The molecule has 0 aliphatic rings. The Hall–Kier alpha value is -1.92. The zero-order valence-electron chi connectivity index (χ0n) is 11.2. The van der Waals surface area contributed by atoms with Gasteiger partial charge in [0.2, 0.25) is 5.16 Å². The molecule has 0 unspecified atom stereocenters. The lowest BCUT2D eigenvalue weighted by Crippen LogP contribution is -1.85. The van der Waals surface area contributed by atoms with Gasteiger partial charge in [0.25, 0.3) is 0 Å². The van der Waals surface area contributed by atoms with E-state index in [1.807, 2.05) is 42.5 Å². The van der Waals surface area contributed by atoms with Crippen molar-refractivity contribution in [1.82, 2.24) is 15.2 Å². The predicted molar refractivity (Wildman–Crippen MR) is 89.8 cm³/mol. The van der Waals surface area contributed by atoms with Gasteiger partial charge >= 0.3 is 0 Å². The Morgan fingerprint density at radius 2 is 1.76 bits per heavy atom. The van der Waals surface area contributed by atoms with Crippen LogP contribution in [0.3, 0.4) is 0 Å². The van der Waals surface area contributed by atoms with Crippen LogP contribution in [0.2, 0.25) is 0 Å². The molecule has 0 aliphatic heterocycles. The zero-order chi connectivity index (χ0) is 14.5. The third-order valence-corrected chi connectivity index (χ3v) is 4.91. The molecular weight excluding hydrogens is 300 g/mol. The topological polar surface area (TPSA) is 67.6 Å². The number of nitrogens with zero attached hydrogens (tertiary/aromatic N) is 2. The molecule has 0 amide bonds. The number of H-pyrrole nitrogens is 1. The lowest BCUT2D eigenvalue weighted by atomic mass is 10.2. The van der Waals surface area contributed by atoms with Crippen LogP contribution in [-0.2, 0) is 5.75 Å². The normalized spacial score (nSPS) is 10.7. The molecule has 0 bridgehead atoms. The first-order valence-corrected chi connectivity index (χ1v) is 8.75. The molecule has 0 atom stereocenters. The van der Waals surface area contributed by atoms with Crippen molar-refractivity contribution in [3.8, 4) is 11.4 Å². The molecule has 3 aromatic rings. The highest BCUT2D eigenvalue weighted by atomic mass is 33.1. The van der Waals surface area contributed by atoms with E-state index >= 15 is 0 Å². The molecule has 2 aromatic carbocycles. The summed E-state index contributed by atoms with van der Waals surface area (Å²) in [6, 6.07) is 17.9. The Bertz CT molecular complexity index is 695. The van der Waals surface area contributed by atoms with Crippen molar-refractivity contribution in [1.29, 1.82) is 0 Å². The molecule has 0 fully saturated rings. The van der Waals surface area contributed by atoms with Gasteiger partial charge in [0.1, 0.15) is 0 Å². The van der Waals surface area contributed by atoms with Gasteiger partial charge in [-0.2, -0.15) is 0 Å². The van der Waals surface area contributed by atoms with Gasteiger partial charge in [-0.25, -0.2) is 4.98 Å². The maximum absolute atomic E-state index is 5.68. The summed E-state index contributed by atoms with van der Waals surface area (Å²) in [5.41, 5.74) is 8.70. The van der Waals surface area contributed by atoms with Crippen LogP contribution in [0.5, 0.6) is 0 Å². The molecule has 1 aromatic heterocycles. The first-order chi connectivity index (χ1) is 10.3. The maximum atomic E-state index is 5.68. The van der Waals surface area contributed by atoms with Gasteiger partial charge in [-0.15, -0.1) is 5.10 Å². The van der Waals surface area contributed by atoms with Crippen molar-refractivity contribution < 1.29 is 0 Å². The second kappa shape index (κ2) is 6.69. The van der Waals surface area contributed by atoms with Crippen molar-refractivity contribution in [3.63, 3.8) is 0 Å². The Labute approximate surface area is 131 Å². The fourth-order valence-electron chi connectivity index (χ4n) is 1.78. The van der Waals surface area contributed by atoms with Crippen molar-refractivity contribution >= 4 is 27.3 Å². The lowest BCUT2D eigenvalue weighted by molar-refractivity contribution is 0.979. The van der Waals surface area contributed by atoms with Gasteiger partial charge in [-0.3, -0.25) is 5.10 Å². The number of hydrogen-bond acceptors (Lipinski definition) is 5. The van der Waals surface area contributed by atoms with E-state index in [-0.39, 0.29) is 0 Å². The third kappa shape index (κ3) is 3.80. The van der Waals surface area contributed by atoms with E-state index in [2.05, 4.69) is 27.3 Å². The smallest absolute Gasteiger partial charge is 0.219 e. The summed E-state index contributed by atoms with van der Waals surface area (Å²) in [6.45, 7) is 0. The molecule has 4 nitrogen and oxygen atoms in total. The van der Waals surface area contributed by atoms with E-state index in [1.54, 1.807) is 21.6 Å². The van der Waals surface area contributed by atoms with Crippen LogP contribution >= 0.6 is 21.6 Å². The molecule has 6 heteroatoms. The van der Waals surface area contributed by atoms with Crippen LogP contribution in [0, 0.1) is 0 Å². The fraction of sp³-hybridized carbons (Fsp3) is 0.0667. The SMILES string of the molecule is Nc1ccc(-c2nc(SSCc3ccccc3)n[nH]2)cc1. The molecule has 0 aliphatic carbocycles. The highest BCUT2D eigenvalue weighted by Gasteiger charge is 2.06. The molecule has 1 heterocycles. The molecule has 0 saturated heterocycles. The van der Waals surface area contributed by atoms with Gasteiger partial charge in [0.15, 0.2) is 5.82 Å². The molecule has 3 rings (SSSR count). The summed E-state index contributed by atoms with van der Waals surface area (Å²) in [5, 5.41) is 7.91. The van der Waals surface area contributed by atoms with Gasteiger partial charge in [0, 0.05) is 17.0 Å². The van der Waals surface area contributed by atoms with Gasteiger partial charge < -0.3 is 5.73 Å². The largest absolute Gasteiger partial charge is 0.399 e. The standard InChI is InChI=1S/C15H14N4S2/c16-13-8-6-12(7-9-13)14-17-15(19-18-14)21-20-10-11-4-2-1-3-5-11/h1-9H,10,16H2,(H,17,18,19). The summed E-state index contributed by atoms with van der Waals surface area (Å²) in [7, 11) is 3.29. The van der Waals surface area contributed by atoms with Crippen molar-refractivity contribution in [3.05, 3.63) is 60.2 Å². The average molecular weight is 314 g/mol. The number of aromatic nitrogens is 3.